The summed E-state index contributed by atoms with van der Waals surface area (Å²) in [4.78, 5) is 18.3. The van der Waals surface area contributed by atoms with Crippen molar-refractivity contribution in [2.45, 2.75) is 25.3 Å². The lowest BCUT2D eigenvalue weighted by molar-refractivity contribution is 0.380. The van der Waals surface area contributed by atoms with E-state index in [1.807, 2.05) is 18.2 Å². The Balaban J connectivity index is 0.00000180. The number of thiophene rings is 1. The summed E-state index contributed by atoms with van der Waals surface area (Å²) in [5.74, 6) is 1.86. The number of aromatic nitrogens is 5. The molecule has 1 aliphatic carbocycles. The molecule has 0 unspecified atom stereocenters. The molecule has 0 bridgehead atoms. The topological polar surface area (TPSA) is 89.6 Å². The standard InChI is InChI=1S/C18H15N5O2S.ClH/c24-18-21-19-10-23(18)9-14-7-8-15(26-14)11-1-3-12(4-2-11)16-20-17(25-22-16)13-5-6-13;/h1-4,7-8,10,13H,5-6,9H2,(H,21,24);1H. The second-order valence-electron chi connectivity index (χ2n) is 6.36. The van der Waals surface area contributed by atoms with Gasteiger partial charge in [0, 0.05) is 21.2 Å². The fourth-order valence-corrected chi connectivity index (χ4v) is 3.81. The van der Waals surface area contributed by atoms with Crippen molar-refractivity contribution in [3.8, 4) is 21.8 Å². The molecule has 0 aliphatic heterocycles. The van der Waals surface area contributed by atoms with E-state index >= 15 is 0 Å². The highest BCUT2D eigenvalue weighted by atomic mass is 35.5. The molecule has 0 radical (unpaired) electrons. The highest BCUT2D eigenvalue weighted by Gasteiger charge is 2.29. The molecule has 3 aromatic heterocycles. The summed E-state index contributed by atoms with van der Waals surface area (Å²) in [6.45, 7) is 0.519. The summed E-state index contributed by atoms with van der Waals surface area (Å²) < 4.78 is 6.87. The maximum absolute atomic E-state index is 11.6. The van der Waals surface area contributed by atoms with Crippen molar-refractivity contribution in [2.75, 3.05) is 0 Å². The Morgan fingerprint density at radius 1 is 1.15 bits per heavy atom. The zero-order chi connectivity index (χ0) is 17.5. The minimum atomic E-state index is -0.199. The van der Waals surface area contributed by atoms with E-state index in [4.69, 9.17) is 4.52 Å². The quantitative estimate of drug-likeness (QED) is 0.550. The second kappa shape index (κ2) is 7.13. The number of hydrogen-bond donors (Lipinski definition) is 1. The van der Waals surface area contributed by atoms with Crippen LogP contribution in [0.25, 0.3) is 21.8 Å². The summed E-state index contributed by atoms with van der Waals surface area (Å²) in [6.07, 6.45) is 3.80. The maximum Gasteiger partial charge on any atom is 0.343 e. The van der Waals surface area contributed by atoms with Gasteiger partial charge in [0.05, 0.1) is 6.54 Å². The van der Waals surface area contributed by atoms with Crippen molar-refractivity contribution in [3.05, 3.63) is 64.0 Å². The van der Waals surface area contributed by atoms with Crippen molar-refractivity contribution >= 4 is 23.7 Å². The van der Waals surface area contributed by atoms with Crippen LogP contribution in [0.2, 0.25) is 0 Å². The van der Waals surface area contributed by atoms with Crippen LogP contribution in [0.4, 0.5) is 0 Å². The van der Waals surface area contributed by atoms with Crippen LogP contribution in [0.5, 0.6) is 0 Å². The normalized spacial score (nSPS) is 13.5. The van der Waals surface area contributed by atoms with Crippen LogP contribution < -0.4 is 5.69 Å². The average Bonchev–Trinajstić information content (AvgIpc) is 3.06. The Morgan fingerprint density at radius 2 is 1.93 bits per heavy atom. The van der Waals surface area contributed by atoms with Crippen molar-refractivity contribution in [2.24, 2.45) is 0 Å². The minimum absolute atomic E-state index is 0. The lowest BCUT2D eigenvalue weighted by Crippen LogP contribution is -2.16. The van der Waals surface area contributed by atoms with Gasteiger partial charge < -0.3 is 4.52 Å². The number of nitrogens with zero attached hydrogens (tertiary/aromatic N) is 4. The maximum atomic E-state index is 11.6. The van der Waals surface area contributed by atoms with Gasteiger partial charge in [0.15, 0.2) is 0 Å². The Hall–Kier alpha value is -2.71. The lowest BCUT2D eigenvalue weighted by atomic mass is 10.1. The summed E-state index contributed by atoms with van der Waals surface area (Å²) in [7, 11) is 0. The smallest absolute Gasteiger partial charge is 0.339 e. The van der Waals surface area contributed by atoms with Gasteiger partial charge in [-0.05, 0) is 30.5 Å². The van der Waals surface area contributed by atoms with Crippen LogP contribution in [0, 0.1) is 0 Å². The highest BCUT2D eigenvalue weighted by molar-refractivity contribution is 7.15. The molecule has 1 aliphatic rings. The zero-order valence-electron chi connectivity index (χ0n) is 14.2. The lowest BCUT2D eigenvalue weighted by Gasteiger charge is -1.99. The van der Waals surface area contributed by atoms with Crippen molar-refractivity contribution < 1.29 is 4.52 Å². The zero-order valence-corrected chi connectivity index (χ0v) is 15.8. The van der Waals surface area contributed by atoms with E-state index in [0.29, 0.717) is 18.3 Å². The van der Waals surface area contributed by atoms with Crippen LogP contribution in [-0.2, 0) is 6.54 Å². The molecular formula is C18H16ClN5O2S. The SMILES string of the molecule is Cl.O=c1[nH]ncn1Cc1ccc(-c2ccc(-c3noc(C4CC4)n3)cc2)s1. The first-order valence-electron chi connectivity index (χ1n) is 8.39. The molecule has 0 amide bonds. The Morgan fingerprint density at radius 3 is 2.63 bits per heavy atom. The van der Waals surface area contributed by atoms with E-state index in [0.717, 1.165) is 39.6 Å². The van der Waals surface area contributed by atoms with Crippen molar-refractivity contribution in [1.82, 2.24) is 24.9 Å². The molecule has 0 saturated heterocycles. The number of benzene rings is 1. The summed E-state index contributed by atoms with van der Waals surface area (Å²) >= 11 is 1.66. The number of H-pyrrole nitrogens is 1. The van der Waals surface area contributed by atoms with E-state index in [9.17, 15) is 4.79 Å². The summed E-state index contributed by atoms with van der Waals surface area (Å²) in [5.41, 5.74) is 1.87. The number of rotatable bonds is 5. The van der Waals surface area contributed by atoms with E-state index in [1.165, 1.54) is 6.33 Å². The Labute approximate surface area is 164 Å². The van der Waals surface area contributed by atoms with Gasteiger partial charge in [-0.3, -0.25) is 4.57 Å². The number of hydrogen-bond acceptors (Lipinski definition) is 6. The first-order chi connectivity index (χ1) is 12.8. The molecule has 3 heterocycles. The third kappa shape index (κ3) is 3.58. The predicted octanol–water partition coefficient (Wildman–Crippen LogP) is 3.70. The summed E-state index contributed by atoms with van der Waals surface area (Å²) in [6, 6.07) is 12.2. The van der Waals surface area contributed by atoms with Crippen molar-refractivity contribution in [1.29, 1.82) is 0 Å². The van der Waals surface area contributed by atoms with Gasteiger partial charge in [-0.2, -0.15) is 10.1 Å². The Bertz CT molecular complexity index is 1110. The molecule has 5 rings (SSSR count). The van der Waals surface area contributed by atoms with Crippen LogP contribution in [-0.4, -0.2) is 24.9 Å². The number of aromatic amines is 1. The molecule has 0 spiro atoms. The monoisotopic (exact) mass is 401 g/mol. The van der Waals surface area contributed by atoms with Crippen molar-refractivity contribution in [3.63, 3.8) is 0 Å². The number of nitrogens with one attached hydrogen (secondary N) is 1. The van der Waals surface area contributed by atoms with E-state index < -0.39 is 0 Å². The fraction of sp³-hybridized carbons (Fsp3) is 0.222. The molecule has 9 heteroatoms. The van der Waals surface area contributed by atoms with E-state index in [1.54, 1.807) is 15.9 Å². The third-order valence-corrected chi connectivity index (χ3v) is 5.52. The highest BCUT2D eigenvalue weighted by Crippen LogP contribution is 2.39. The fourth-order valence-electron chi connectivity index (χ4n) is 2.80. The molecule has 1 fully saturated rings. The van der Waals surface area contributed by atoms with E-state index in [2.05, 4.69) is 38.5 Å². The van der Waals surface area contributed by atoms with Gasteiger partial charge in [0.25, 0.3) is 0 Å². The van der Waals surface area contributed by atoms with Gasteiger partial charge >= 0.3 is 5.69 Å². The largest absolute Gasteiger partial charge is 0.343 e. The van der Waals surface area contributed by atoms with Gasteiger partial charge in [0.2, 0.25) is 11.7 Å². The number of halogens is 1. The van der Waals surface area contributed by atoms with Crippen LogP contribution >= 0.6 is 23.7 Å². The van der Waals surface area contributed by atoms with E-state index in [-0.39, 0.29) is 18.1 Å². The molecule has 4 aromatic rings. The molecule has 27 heavy (non-hydrogen) atoms. The van der Waals surface area contributed by atoms with Gasteiger partial charge in [-0.15, -0.1) is 23.7 Å². The average molecular weight is 402 g/mol. The minimum Gasteiger partial charge on any atom is -0.339 e. The Kier molecular flexibility index (Phi) is 4.67. The molecule has 1 saturated carbocycles. The molecule has 7 nitrogen and oxygen atoms in total. The second-order valence-corrected chi connectivity index (χ2v) is 7.53. The summed E-state index contributed by atoms with van der Waals surface area (Å²) in [5, 5.41) is 10.2. The molecule has 1 N–H and O–H groups in total. The molecule has 1 aromatic carbocycles. The molecular weight excluding hydrogens is 386 g/mol. The van der Waals surface area contributed by atoms with Gasteiger partial charge in [-0.25, -0.2) is 9.89 Å². The van der Waals surface area contributed by atoms with Crippen LogP contribution in [0.15, 0.2) is 52.0 Å². The predicted molar refractivity (Wildman–Crippen MR) is 104 cm³/mol. The van der Waals surface area contributed by atoms with Crippen LogP contribution in [0.3, 0.4) is 0 Å². The first kappa shape index (κ1) is 17.7. The molecule has 138 valence electrons. The van der Waals surface area contributed by atoms with Gasteiger partial charge in [-0.1, -0.05) is 29.4 Å². The first-order valence-corrected chi connectivity index (χ1v) is 9.21. The third-order valence-electron chi connectivity index (χ3n) is 4.40. The molecule has 0 atom stereocenters. The van der Waals surface area contributed by atoms with Gasteiger partial charge in [0.1, 0.15) is 6.33 Å². The van der Waals surface area contributed by atoms with Crippen LogP contribution in [0.1, 0.15) is 29.5 Å².